The van der Waals surface area contributed by atoms with Crippen molar-refractivity contribution in [3.05, 3.63) is 65.5 Å². The van der Waals surface area contributed by atoms with Crippen LogP contribution in [0.5, 0.6) is 0 Å². The summed E-state index contributed by atoms with van der Waals surface area (Å²) in [6.07, 6.45) is 1.27. The molecule has 2 aromatic carbocycles. The van der Waals surface area contributed by atoms with Gasteiger partial charge in [0.15, 0.2) is 0 Å². The fourth-order valence-corrected chi connectivity index (χ4v) is 2.25. The lowest BCUT2D eigenvalue weighted by molar-refractivity contribution is -0.121. The number of anilines is 1. The normalized spacial score (nSPS) is 10.5. The molecule has 3 rings (SSSR count). The number of carbonyl (C=O) groups is 1. The van der Waals surface area contributed by atoms with Crippen molar-refractivity contribution in [1.29, 1.82) is 0 Å². The van der Waals surface area contributed by atoms with Crippen LogP contribution in [0.15, 0.2) is 59.3 Å². The van der Waals surface area contributed by atoms with Gasteiger partial charge in [0.1, 0.15) is 6.61 Å². The number of hydrogen-bond donors (Lipinski definition) is 1. The minimum atomic E-state index is -0.243. The predicted molar refractivity (Wildman–Crippen MR) is 89.5 cm³/mol. The van der Waals surface area contributed by atoms with Gasteiger partial charge < -0.3 is 14.5 Å². The number of halogens is 1. The Morgan fingerprint density at radius 2 is 1.96 bits per heavy atom. The molecule has 0 saturated heterocycles. The van der Waals surface area contributed by atoms with E-state index in [1.807, 2.05) is 18.2 Å². The summed E-state index contributed by atoms with van der Waals surface area (Å²) in [7, 11) is 0. The molecule has 0 radical (unpaired) electrons. The van der Waals surface area contributed by atoms with Crippen molar-refractivity contribution in [1.82, 2.24) is 10.2 Å². The minimum Gasteiger partial charge on any atom is -0.423 e. The molecule has 24 heavy (non-hydrogen) atoms. The summed E-state index contributed by atoms with van der Waals surface area (Å²) in [6.45, 7) is 0.222. The molecule has 0 spiro atoms. The van der Waals surface area contributed by atoms with Gasteiger partial charge in [0.2, 0.25) is 18.2 Å². The molecular formula is C17H14ClN3O3. The first-order valence-corrected chi connectivity index (χ1v) is 7.58. The van der Waals surface area contributed by atoms with Crippen LogP contribution in [0.3, 0.4) is 0 Å². The number of carbonyl (C=O) groups excluding carboxylic acids is 1. The lowest BCUT2D eigenvalue weighted by atomic mass is 10.2. The van der Waals surface area contributed by atoms with Gasteiger partial charge in [-0.25, -0.2) is 0 Å². The van der Waals surface area contributed by atoms with E-state index in [2.05, 4.69) is 15.5 Å². The van der Waals surface area contributed by atoms with Crippen LogP contribution in [0, 0.1) is 0 Å². The van der Waals surface area contributed by atoms with Gasteiger partial charge in [-0.15, -0.1) is 10.2 Å². The third-order valence-corrected chi connectivity index (χ3v) is 3.59. The monoisotopic (exact) mass is 343 g/mol. The van der Waals surface area contributed by atoms with Crippen molar-refractivity contribution in [3.63, 3.8) is 0 Å². The molecule has 0 atom stereocenters. The Kier molecular flexibility index (Phi) is 5.20. The van der Waals surface area contributed by atoms with Crippen molar-refractivity contribution in [2.24, 2.45) is 0 Å². The van der Waals surface area contributed by atoms with Crippen LogP contribution in [-0.4, -0.2) is 22.7 Å². The number of ether oxygens (including phenoxy) is 1. The molecule has 1 amide bonds. The highest BCUT2D eigenvalue weighted by molar-refractivity contribution is 6.31. The molecule has 122 valence electrons. The SMILES string of the molecule is O=C(COCc1ccccc1Cl)Nc1ccc(-c2nnco2)cc1. The molecule has 0 aliphatic carbocycles. The zero-order chi connectivity index (χ0) is 16.8. The second-order valence-electron chi connectivity index (χ2n) is 4.95. The smallest absolute Gasteiger partial charge is 0.250 e. The highest BCUT2D eigenvalue weighted by Crippen LogP contribution is 2.19. The number of amides is 1. The van der Waals surface area contributed by atoms with Gasteiger partial charge in [-0.3, -0.25) is 4.79 Å². The molecule has 0 unspecified atom stereocenters. The maximum Gasteiger partial charge on any atom is 0.250 e. The summed E-state index contributed by atoms with van der Waals surface area (Å²) in [5.74, 6) is 0.184. The van der Waals surface area contributed by atoms with E-state index in [0.29, 0.717) is 16.6 Å². The van der Waals surface area contributed by atoms with E-state index in [4.69, 9.17) is 20.8 Å². The van der Waals surface area contributed by atoms with Crippen molar-refractivity contribution in [2.75, 3.05) is 11.9 Å². The van der Waals surface area contributed by atoms with Crippen molar-refractivity contribution in [2.45, 2.75) is 6.61 Å². The number of rotatable bonds is 6. The van der Waals surface area contributed by atoms with Crippen LogP contribution in [0.2, 0.25) is 5.02 Å². The fraction of sp³-hybridized carbons (Fsp3) is 0.118. The average molecular weight is 344 g/mol. The first kappa shape index (κ1) is 16.2. The van der Waals surface area contributed by atoms with Gasteiger partial charge in [0, 0.05) is 16.3 Å². The summed E-state index contributed by atoms with van der Waals surface area (Å²) in [6, 6.07) is 14.4. The zero-order valence-electron chi connectivity index (χ0n) is 12.6. The molecule has 3 aromatic rings. The standard InChI is InChI=1S/C17H14ClN3O3/c18-15-4-2-1-3-13(15)9-23-10-16(22)20-14-7-5-12(6-8-14)17-21-19-11-24-17/h1-8,11H,9-10H2,(H,20,22). The van der Waals surface area contributed by atoms with Crippen molar-refractivity contribution >= 4 is 23.2 Å². The van der Waals surface area contributed by atoms with E-state index in [1.54, 1.807) is 30.3 Å². The van der Waals surface area contributed by atoms with E-state index in [-0.39, 0.29) is 19.1 Å². The quantitative estimate of drug-likeness (QED) is 0.740. The lowest BCUT2D eigenvalue weighted by Crippen LogP contribution is -2.18. The molecule has 0 aliphatic rings. The maximum absolute atomic E-state index is 11.9. The van der Waals surface area contributed by atoms with E-state index < -0.39 is 0 Å². The second kappa shape index (κ2) is 7.72. The molecule has 1 N–H and O–H groups in total. The van der Waals surface area contributed by atoms with Crippen LogP contribution in [0.4, 0.5) is 5.69 Å². The number of benzene rings is 2. The molecule has 1 aromatic heterocycles. The van der Waals surface area contributed by atoms with E-state index in [1.165, 1.54) is 6.39 Å². The summed E-state index contributed by atoms with van der Waals surface area (Å²) in [4.78, 5) is 11.9. The summed E-state index contributed by atoms with van der Waals surface area (Å²) in [5, 5.41) is 10.8. The van der Waals surface area contributed by atoms with Gasteiger partial charge in [-0.1, -0.05) is 29.8 Å². The van der Waals surface area contributed by atoms with Crippen molar-refractivity contribution < 1.29 is 13.9 Å². The first-order chi connectivity index (χ1) is 11.7. The number of aromatic nitrogens is 2. The minimum absolute atomic E-state index is 0.0589. The van der Waals surface area contributed by atoms with Crippen LogP contribution >= 0.6 is 11.6 Å². The van der Waals surface area contributed by atoms with Crippen LogP contribution in [0.25, 0.3) is 11.5 Å². The third kappa shape index (κ3) is 4.18. The van der Waals surface area contributed by atoms with Gasteiger partial charge in [-0.05, 0) is 35.9 Å². The number of hydrogen-bond acceptors (Lipinski definition) is 5. The second-order valence-corrected chi connectivity index (χ2v) is 5.36. The zero-order valence-corrected chi connectivity index (χ0v) is 13.4. The Balaban J connectivity index is 1.49. The van der Waals surface area contributed by atoms with Crippen LogP contribution in [0.1, 0.15) is 5.56 Å². The van der Waals surface area contributed by atoms with Crippen LogP contribution in [-0.2, 0) is 16.1 Å². The van der Waals surface area contributed by atoms with Crippen LogP contribution < -0.4 is 5.32 Å². The van der Waals surface area contributed by atoms with Crippen molar-refractivity contribution in [3.8, 4) is 11.5 Å². The maximum atomic E-state index is 11.9. The molecule has 1 heterocycles. The Labute approximate surface area is 143 Å². The first-order valence-electron chi connectivity index (χ1n) is 7.20. The van der Waals surface area contributed by atoms with E-state index >= 15 is 0 Å². The largest absolute Gasteiger partial charge is 0.423 e. The Hall–Kier alpha value is -2.70. The lowest BCUT2D eigenvalue weighted by Gasteiger charge is -2.07. The molecule has 0 bridgehead atoms. The molecule has 6 nitrogen and oxygen atoms in total. The Bertz CT molecular complexity index is 804. The van der Waals surface area contributed by atoms with E-state index in [9.17, 15) is 4.79 Å². The Morgan fingerprint density at radius 3 is 2.67 bits per heavy atom. The van der Waals surface area contributed by atoms with Gasteiger partial charge >= 0.3 is 0 Å². The van der Waals surface area contributed by atoms with Gasteiger partial charge in [0.25, 0.3) is 0 Å². The molecule has 0 fully saturated rings. The summed E-state index contributed by atoms with van der Waals surface area (Å²) < 4.78 is 10.5. The van der Waals surface area contributed by atoms with E-state index in [0.717, 1.165) is 11.1 Å². The highest BCUT2D eigenvalue weighted by atomic mass is 35.5. The Morgan fingerprint density at radius 1 is 1.17 bits per heavy atom. The molecular weight excluding hydrogens is 330 g/mol. The van der Waals surface area contributed by atoms with Gasteiger partial charge in [0.05, 0.1) is 6.61 Å². The average Bonchev–Trinajstić information content (AvgIpc) is 3.12. The molecule has 7 heteroatoms. The molecule has 0 aliphatic heterocycles. The third-order valence-electron chi connectivity index (χ3n) is 3.22. The summed E-state index contributed by atoms with van der Waals surface area (Å²) in [5.41, 5.74) is 2.28. The predicted octanol–water partition coefficient (Wildman–Crippen LogP) is 3.55. The highest BCUT2D eigenvalue weighted by Gasteiger charge is 2.06. The topological polar surface area (TPSA) is 77.2 Å². The fourth-order valence-electron chi connectivity index (χ4n) is 2.06. The number of nitrogens with zero attached hydrogens (tertiary/aromatic N) is 2. The summed E-state index contributed by atoms with van der Waals surface area (Å²) >= 11 is 6.03. The molecule has 0 saturated carbocycles. The van der Waals surface area contributed by atoms with Gasteiger partial charge in [-0.2, -0.15) is 0 Å². The number of nitrogens with one attached hydrogen (secondary N) is 1.